The molecule has 0 unspecified atom stereocenters. The van der Waals surface area contributed by atoms with Gasteiger partial charge in [-0.2, -0.15) is 0 Å². The van der Waals surface area contributed by atoms with Crippen molar-refractivity contribution in [3.63, 3.8) is 0 Å². The Bertz CT molecular complexity index is 489. The molecule has 4 rings (SSSR count). The first-order valence-corrected chi connectivity index (χ1v) is 9.14. The lowest BCUT2D eigenvalue weighted by atomic mass is 9.77. The molecule has 3 heterocycles. The topological polar surface area (TPSA) is 19.4 Å². The molecule has 0 aromatic carbocycles. The van der Waals surface area contributed by atoms with Crippen LogP contribution in [-0.4, -0.2) is 42.1 Å². The Kier molecular flexibility index (Phi) is 3.70. The van der Waals surface area contributed by atoms with Gasteiger partial charge in [0, 0.05) is 36.3 Å². The molecular weight excluding hydrogens is 326 g/mol. The van der Waals surface area contributed by atoms with Gasteiger partial charge in [-0.25, -0.2) is 4.98 Å². The van der Waals surface area contributed by atoms with Gasteiger partial charge in [-0.05, 0) is 72.1 Å². The molecule has 1 saturated carbocycles. The monoisotopic (exact) mass is 349 g/mol. The fourth-order valence-electron chi connectivity index (χ4n) is 4.21. The van der Waals surface area contributed by atoms with Gasteiger partial charge < -0.3 is 4.90 Å². The lowest BCUT2D eigenvalue weighted by Crippen LogP contribution is -2.44. The van der Waals surface area contributed by atoms with Crippen molar-refractivity contribution in [2.45, 2.75) is 44.6 Å². The summed E-state index contributed by atoms with van der Waals surface area (Å²) in [6.07, 6.45) is 10.4. The van der Waals surface area contributed by atoms with E-state index in [0.717, 1.165) is 16.3 Å². The zero-order valence-corrected chi connectivity index (χ0v) is 14.2. The van der Waals surface area contributed by atoms with E-state index in [1.54, 1.807) is 0 Å². The van der Waals surface area contributed by atoms with E-state index >= 15 is 0 Å². The van der Waals surface area contributed by atoms with Crippen molar-refractivity contribution in [3.05, 3.63) is 22.8 Å². The Hall–Kier alpha value is -0.610. The minimum absolute atomic E-state index is 0.613. The number of piperidine rings is 1. The summed E-state index contributed by atoms with van der Waals surface area (Å²) in [4.78, 5) is 9.80. The van der Waals surface area contributed by atoms with E-state index in [4.69, 9.17) is 0 Å². The first kappa shape index (κ1) is 14.0. The number of rotatable bonds is 2. The molecule has 0 radical (unpaired) electrons. The van der Waals surface area contributed by atoms with Crippen LogP contribution >= 0.6 is 15.9 Å². The highest BCUT2D eigenvalue weighted by atomic mass is 79.9. The molecule has 3 nitrogen and oxygen atoms in total. The van der Waals surface area contributed by atoms with Gasteiger partial charge in [-0.1, -0.05) is 6.42 Å². The van der Waals surface area contributed by atoms with Gasteiger partial charge in [0.1, 0.15) is 5.82 Å². The zero-order valence-electron chi connectivity index (χ0n) is 12.6. The largest absolute Gasteiger partial charge is 0.357 e. The van der Waals surface area contributed by atoms with Gasteiger partial charge in [-0.15, -0.1) is 0 Å². The average molecular weight is 350 g/mol. The lowest BCUT2D eigenvalue weighted by molar-refractivity contribution is 0.127. The van der Waals surface area contributed by atoms with E-state index < -0.39 is 0 Å². The Labute approximate surface area is 135 Å². The summed E-state index contributed by atoms with van der Waals surface area (Å²) in [5.41, 5.74) is 0.613. The molecule has 3 aliphatic rings. The van der Waals surface area contributed by atoms with E-state index in [-0.39, 0.29) is 0 Å². The molecular formula is C17H24BrN3. The molecule has 21 heavy (non-hydrogen) atoms. The van der Waals surface area contributed by atoms with Gasteiger partial charge in [0.25, 0.3) is 0 Å². The number of hydrogen-bond acceptors (Lipinski definition) is 3. The summed E-state index contributed by atoms with van der Waals surface area (Å²) in [5.74, 6) is 1.14. The van der Waals surface area contributed by atoms with Gasteiger partial charge in [0.2, 0.25) is 0 Å². The summed E-state index contributed by atoms with van der Waals surface area (Å²) in [7, 11) is 0. The van der Waals surface area contributed by atoms with Crippen LogP contribution < -0.4 is 4.90 Å². The summed E-state index contributed by atoms with van der Waals surface area (Å²) in [6.45, 7) is 5.06. The molecule has 1 aliphatic carbocycles. The van der Waals surface area contributed by atoms with Crippen LogP contribution in [0, 0.1) is 5.41 Å². The van der Waals surface area contributed by atoms with Crippen LogP contribution in [0.5, 0.6) is 0 Å². The Morgan fingerprint density at radius 1 is 1.10 bits per heavy atom. The van der Waals surface area contributed by atoms with Crippen LogP contribution in [0.25, 0.3) is 0 Å². The maximum Gasteiger partial charge on any atom is 0.128 e. The molecule has 1 spiro atoms. The SMILES string of the molecule is Brc1ccc(N2CCC3(CC2)CCN(C2CCC2)C3)nc1. The molecule has 0 amide bonds. The van der Waals surface area contributed by atoms with Crippen molar-refractivity contribution in [1.29, 1.82) is 0 Å². The number of halogens is 1. The molecule has 0 bridgehead atoms. The molecule has 2 saturated heterocycles. The second-order valence-corrected chi connectivity index (χ2v) is 8.04. The zero-order chi connectivity index (χ0) is 14.3. The van der Waals surface area contributed by atoms with Crippen LogP contribution in [0.2, 0.25) is 0 Å². The molecule has 1 aromatic heterocycles. The first-order chi connectivity index (χ1) is 10.2. The second kappa shape index (κ2) is 5.54. The van der Waals surface area contributed by atoms with Crippen LogP contribution in [0.3, 0.4) is 0 Å². The highest BCUT2D eigenvalue weighted by molar-refractivity contribution is 9.10. The predicted octanol–water partition coefficient (Wildman–Crippen LogP) is 3.69. The third kappa shape index (κ3) is 2.72. The molecule has 2 aliphatic heterocycles. The number of pyridine rings is 1. The number of hydrogen-bond donors (Lipinski definition) is 0. The van der Waals surface area contributed by atoms with Gasteiger partial charge in [-0.3, -0.25) is 4.90 Å². The predicted molar refractivity (Wildman–Crippen MR) is 89.6 cm³/mol. The lowest BCUT2D eigenvalue weighted by Gasteiger charge is -2.41. The Morgan fingerprint density at radius 2 is 1.86 bits per heavy atom. The van der Waals surface area contributed by atoms with E-state index in [9.17, 15) is 0 Å². The molecule has 0 N–H and O–H groups in total. The fraction of sp³-hybridized carbons (Fsp3) is 0.706. The van der Waals surface area contributed by atoms with Crippen molar-refractivity contribution in [2.75, 3.05) is 31.1 Å². The minimum atomic E-state index is 0.613. The molecule has 3 fully saturated rings. The summed E-state index contributed by atoms with van der Waals surface area (Å²) in [6, 6.07) is 5.16. The molecule has 1 aromatic rings. The molecule has 114 valence electrons. The van der Waals surface area contributed by atoms with Crippen molar-refractivity contribution in [3.8, 4) is 0 Å². The smallest absolute Gasteiger partial charge is 0.128 e. The average Bonchev–Trinajstić information content (AvgIpc) is 2.83. The van der Waals surface area contributed by atoms with Crippen molar-refractivity contribution in [1.82, 2.24) is 9.88 Å². The quantitative estimate of drug-likeness (QED) is 0.811. The van der Waals surface area contributed by atoms with E-state index in [1.165, 1.54) is 64.7 Å². The standard InChI is InChI=1S/C17H24BrN3/c18-14-4-5-16(19-12-14)20-9-6-17(7-10-20)8-11-21(13-17)15-2-1-3-15/h4-5,12,15H,1-3,6-11,13H2. The molecule has 4 heteroatoms. The minimum Gasteiger partial charge on any atom is -0.357 e. The summed E-state index contributed by atoms with van der Waals surface area (Å²) >= 11 is 3.46. The van der Waals surface area contributed by atoms with Crippen LogP contribution in [0.15, 0.2) is 22.8 Å². The van der Waals surface area contributed by atoms with Gasteiger partial charge in [0.15, 0.2) is 0 Å². The Morgan fingerprint density at radius 3 is 2.48 bits per heavy atom. The van der Waals surface area contributed by atoms with E-state index in [0.29, 0.717) is 5.41 Å². The fourth-order valence-corrected chi connectivity index (χ4v) is 4.44. The van der Waals surface area contributed by atoms with Gasteiger partial charge in [0.05, 0.1) is 0 Å². The third-order valence-corrected chi connectivity index (χ3v) is 6.39. The first-order valence-electron chi connectivity index (χ1n) is 8.35. The highest BCUT2D eigenvalue weighted by Crippen LogP contribution is 2.43. The van der Waals surface area contributed by atoms with Crippen molar-refractivity contribution >= 4 is 21.7 Å². The van der Waals surface area contributed by atoms with Crippen molar-refractivity contribution in [2.24, 2.45) is 5.41 Å². The van der Waals surface area contributed by atoms with E-state index in [1.807, 2.05) is 6.20 Å². The third-order valence-electron chi connectivity index (χ3n) is 5.92. The van der Waals surface area contributed by atoms with E-state index in [2.05, 4.69) is 42.8 Å². The normalized spacial score (nSPS) is 26.2. The summed E-state index contributed by atoms with van der Waals surface area (Å²) in [5, 5.41) is 0. The maximum absolute atomic E-state index is 4.55. The second-order valence-electron chi connectivity index (χ2n) is 7.13. The van der Waals surface area contributed by atoms with Crippen molar-refractivity contribution < 1.29 is 0 Å². The highest BCUT2D eigenvalue weighted by Gasteiger charge is 2.43. The number of nitrogens with zero attached hydrogens (tertiary/aromatic N) is 3. The number of likely N-dealkylation sites (tertiary alicyclic amines) is 1. The molecule has 0 atom stereocenters. The maximum atomic E-state index is 4.55. The number of anilines is 1. The van der Waals surface area contributed by atoms with Crippen LogP contribution in [0.4, 0.5) is 5.82 Å². The van der Waals surface area contributed by atoms with Crippen LogP contribution in [0.1, 0.15) is 38.5 Å². The number of aromatic nitrogens is 1. The summed E-state index contributed by atoms with van der Waals surface area (Å²) < 4.78 is 1.06. The Balaban J connectivity index is 1.37. The van der Waals surface area contributed by atoms with Gasteiger partial charge >= 0.3 is 0 Å². The van der Waals surface area contributed by atoms with Crippen LogP contribution in [-0.2, 0) is 0 Å².